The largest absolute Gasteiger partial charge is 0.283 e. The molecule has 0 atom stereocenters. The van der Waals surface area contributed by atoms with Gasteiger partial charge in [-0.15, -0.1) is 0 Å². The normalized spacial score (nSPS) is 10.9. The molecule has 1 amide bonds. The van der Waals surface area contributed by atoms with Crippen molar-refractivity contribution in [3.05, 3.63) is 88.4 Å². The van der Waals surface area contributed by atoms with Crippen LogP contribution < -0.4 is 11.0 Å². The summed E-state index contributed by atoms with van der Waals surface area (Å²) in [6.07, 6.45) is 2.56. The van der Waals surface area contributed by atoms with E-state index in [1.165, 1.54) is 36.8 Å². The highest BCUT2D eigenvalue weighted by Gasteiger charge is 2.15. The summed E-state index contributed by atoms with van der Waals surface area (Å²) in [6.45, 7) is 1.97. The van der Waals surface area contributed by atoms with E-state index in [0.717, 1.165) is 15.9 Å². The molecular weight excluding hydrogens is 349 g/mol. The second-order valence-electron chi connectivity index (χ2n) is 5.97. The fourth-order valence-corrected chi connectivity index (χ4v) is 2.68. The molecule has 0 spiro atoms. The molecule has 2 aromatic carbocycles. The van der Waals surface area contributed by atoms with Crippen LogP contribution in [0, 0.1) is 12.7 Å². The number of amides is 1. The maximum Gasteiger partial charge on any atom is 0.283 e. The molecule has 4 aromatic rings. The van der Waals surface area contributed by atoms with Crippen molar-refractivity contribution in [2.45, 2.75) is 6.92 Å². The molecule has 0 aliphatic heterocycles. The second-order valence-corrected chi connectivity index (χ2v) is 5.97. The van der Waals surface area contributed by atoms with Crippen molar-refractivity contribution in [2.24, 2.45) is 0 Å². The van der Waals surface area contributed by atoms with E-state index in [1.807, 2.05) is 31.2 Å². The van der Waals surface area contributed by atoms with Gasteiger partial charge in [0.15, 0.2) is 5.65 Å². The smallest absolute Gasteiger partial charge is 0.267 e. The van der Waals surface area contributed by atoms with Crippen LogP contribution >= 0.6 is 0 Å². The Balaban J connectivity index is 1.71. The number of aromatic nitrogens is 4. The Kier molecular flexibility index (Phi) is 4.00. The predicted octanol–water partition coefficient (Wildman–Crippen LogP) is 2.41. The van der Waals surface area contributed by atoms with Gasteiger partial charge in [0.1, 0.15) is 17.5 Å². The van der Waals surface area contributed by atoms with Crippen LogP contribution in [0.1, 0.15) is 15.9 Å². The highest BCUT2D eigenvalue weighted by molar-refractivity contribution is 6.00. The molecule has 27 heavy (non-hydrogen) atoms. The minimum absolute atomic E-state index is 0.167. The number of rotatable bonds is 3. The summed E-state index contributed by atoms with van der Waals surface area (Å²) < 4.78 is 16.2. The molecule has 0 unspecified atom stereocenters. The lowest BCUT2D eigenvalue weighted by Gasteiger charge is -2.08. The average molecular weight is 363 g/mol. The third-order valence-electron chi connectivity index (χ3n) is 4.11. The van der Waals surface area contributed by atoms with Gasteiger partial charge >= 0.3 is 0 Å². The van der Waals surface area contributed by atoms with Crippen molar-refractivity contribution in [1.29, 1.82) is 0 Å². The first-order chi connectivity index (χ1) is 13.0. The molecule has 0 aliphatic rings. The number of carbonyl (C=O) groups excluding carboxylic acids is 1. The first-order valence-electron chi connectivity index (χ1n) is 8.13. The van der Waals surface area contributed by atoms with E-state index in [2.05, 4.69) is 15.5 Å². The molecule has 0 fully saturated rings. The Hall–Kier alpha value is -3.81. The molecule has 7 nitrogen and oxygen atoms in total. The number of nitrogens with one attached hydrogen (secondary N) is 1. The van der Waals surface area contributed by atoms with Gasteiger partial charge in [0.25, 0.3) is 11.5 Å². The van der Waals surface area contributed by atoms with Crippen molar-refractivity contribution in [3.63, 3.8) is 0 Å². The van der Waals surface area contributed by atoms with Gasteiger partial charge in [-0.1, -0.05) is 29.8 Å². The maximum atomic E-state index is 13.7. The van der Waals surface area contributed by atoms with E-state index < -0.39 is 17.3 Å². The summed E-state index contributed by atoms with van der Waals surface area (Å²) in [5, 5.41) is 4.45. The third kappa shape index (κ3) is 2.97. The molecule has 0 aliphatic carbocycles. The summed E-state index contributed by atoms with van der Waals surface area (Å²) in [4.78, 5) is 29.1. The van der Waals surface area contributed by atoms with Crippen molar-refractivity contribution in [2.75, 3.05) is 5.43 Å². The highest BCUT2D eigenvalue weighted by atomic mass is 19.1. The number of fused-ring (bicyclic) bond motifs is 1. The summed E-state index contributed by atoms with van der Waals surface area (Å²) in [6, 6.07) is 13.1. The topological polar surface area (TPSA) is 81.8 Å². The van der Waals surface area contributed by atoms with Gasteiger partial charge < -0.3 is 0 Å². The Morgan fingerprint density at radius 3 is 2.59 bits per heavy atom. The quantitative estimate of drug-likeness (QED) is 0.606. The number of hydrogen-bond acceptors (Lipinski definition) is 4. The third-order valence-corrected chi connectivity index (χ3v) is 4.11. The van der Waals surface area contributed by atoms with E-state index in [9.17, 15) is 14.0 Å². The van der Waals surface area contributed by atoms with E-state index in [0.29, 0.717) is 5.65 Å². The lowest BCUT2D eigenvalue weighted by Crippen LogP contribution is -2.33. The Morgan fingerprint density at radius 2 is 1.85 bits per heavy atom. The number of carbonyl (C=O) groups is 1. The molecule has 2 aromatic heterocycles. The van der Waals surface area contributed by atoms with Gasteiger partial charge in [0.2, 0.25) is 0 Å². The monoisotopic (exact) mass is 363 g/mol. The molecule has 0 saturated heterocycles. The molecule has 134 valence electrons. The minimum Gasteiger partial charge on any atom is -0.267 e. The van der Waals surface area contributed by atoms with E-state index >= 15 is 0 Å². The van der Waals surface area contributed by atoms with Crippen LogP contribution in [0.15, 0.2) is 65.8 Å². The van der Waals surface area contributed by atoms with Crippen LogP contribution in [-0.4, -0.2) is 25.3 Å². The lowest BCUT2D eigenvalue weighted by atomic mass is 10.2. The fourth-order valence-electron chi connectivity index (χ4n) is 2.68. The van der Waals surface area contributed by atoms with Crippen molar-refractivity contribution < 1.29 is 9.18 Å². The number of hydrogen-bond donors (Lipinski definition) is 1. The van der Waals surface area contributed by atoms with Crippen molar-refractivity contribution >= 4 is 16.9 Å². The molecule has 2 heterocycles. The van der Waals surface area contributed by atoms with E-state index in [4.69, 9.17) is 0 Å². The zero-order valence-corrected chi connectivity index (χ0v) is 14.3. The fraction of sp³-hybridized carbons (Fsp3) is 0.0526. The van der Waals surface area contributed by atoms with Crippen LogP contribution in [0.5, 0.6) is 0 Å². The molecule has 8 heteroatoms. The van der Waals surface area contributed by atoms with Gasteiger partial charge in [-0.25, -0.2) is 18.7 Å². The maximum absolute atomic E-state index is 13.7. The summed E-state index contributed by atoms with van der Waals surface area (Å²) in [7, 11) is 0. The Labute approximate surface area is 152 Å². The highest BCUT2D eigenvalue weighted by Crippen LogP contribution is 2.14. The van der Waals surface area contributed by atoms with Crippen molar-refractivity contribution in [3.8, 4) is 5.69 Å². The molecule has 0 saturated carbocycles. The Bertz CT molecular complexity index is 1210. The first-order valence-corrected chi connectivity index (χ1v) is 8.13. The van der Waals surface area contributed by atoms with E-state index in [1.54, 1.807) is 4.68 Å². The Morgan fingerprint density at radius 1 is 1.11 bits per heavy atom. The van der Waals surface area contributed by atoms with Gasteiger partial charge in [0.05, 0.1) is 17.4 Å². The van der Waals surface area contributed by atoms with Crippen LogP contribution in [0.25, 0.3) is 16.7 Å². The standard InChI is InChI=1S/C19H14FN5O2/c1-12-6-8-13(9-7-12)25-17-15(10-22-25)19(27)24(11-21-17)23-18(26)14-4-2-3-5-16(14)20/h2-11H,1H3,(H,23,26). The van der Waals surface area contributed by atoms with Crippen LogP contribution in [0.4, 0.5) is 4.39 Å². The molecular formula is C19H14FN5O2. The van der Waals surface area contributed by atoms with Gasteiger partial charge in [-0.2, -0.15) is 5.10 Å². The first kappa shape index (κ1) is 16.6. The van der Waals surface area contributed by atoms with Crippen LogP contribution in [0.3, 0.4) is 0 Å². The number of aryl methyl sites for hydroxylation is 1. The zero-order chi connectivity index (χ0) is 19.0. The molecule has 1 N–H and O–H groups in total. The second kappa shape index (κ2) is 6.49. The van der Waals surface area contributed by atoms with E-state index in [-0.39, 0.29) is 10.9 Å². The zero-order valence-electron chi connectivity index (χ0n) is 14.3. The predicted molar refractivity (Wildman–Crippen MR) is 98.0 cm³/mol. The minimum atomic E-state index is -0.748. The van der Waals surface area contributed by atoms with Crippen LogP contribution in [-0.2, 0) is 0 Å². The summed E-state index contributed by atoms with van der Waals surface area (Å²) >= 11 is 0. The van der Waals surface area contributed by atoms with Gasteiger partial charge in [-0.3, -0.25) is 15.0 Å². The molecule has 4 rings (SSSR count). The van der Waals surface area contributed by atoms with Gasteiger partial charge in [-0.05, 0) is 31.2 Å². The summed E-state index contributed by atoms with van der Waals surface area (Å²) in [5.41, 5.74) is 3.88. The molecule has 0 bridgehead atoms. The SMILES string of the molecule is Cc1ccc(-n2ncc3c(=O)n(NC(=O)c4ccccc4F)cnc32)cc1. The number of halogens is 1. The average Bonchev–Trinajstić information content (AvgIpc) is 3.10. The van der Waals surface area contributed by atoms with Crippen LogP contribution in [0.2, 0.25) is 0 Å². The van der Waals surface area contributed by atoms with Crippen molar-refractivity contribution in [1.82, 2.24) is 19.4 Å². The van der Waals surface area contributed by atoms with Gasteiger partial charge in [0, 0.05) is 0 Å². The molecule has 0 radical (unpaired) electrons. The number of benzene rings is 2. The lowest BCUT2D eigenvalue weighted by molar-refractivity contribution is 0.100. The number of nitrogens with zero attached hydrogens (tertiary/aromatic N) is 4. The summed E-state index contributed by atoms with van der Waals surface area (Å²) in [5.74, 6) is -1.42.